The van der Waals surface area contributed by atoms with Crippen LogP contribution in [0.25, 0.3) is 20.9 Å². The Labute approximate surface area is 96.5 Å². The van der Waals surface area contributed by atoms with Gasteiger partial charge in [0.2, 0.25) is 5.91 Å². The van der Waals surface area contributed by atoms with E-state index in [1.807, 2.05) is 30.3 Å². The molecule has 0 saturated carbocycles. The van der Waals surface area contributed by atoms with Crippen molar-refractivity contribution >= 4 is 5.91 Å². The van der Waals surface area contributed by atoms with Gasteiger partial charge in [-0.15, -0.1) is 0 Å². The maximum atomic E-state index is 11.5. The molecule has 0 unspecified atom stereocenters. The zero-order chi connectivity index (χ0) is 12.5. The van der Waals surface area contributed by atoms with Crippen LogP contribution in [-0.4, -0.2) is 12.1 Å². The standard InChI is InChI=1S/C9H9N7O/c10-15-13-8(14-16-11)9(17)12-6-7-4-2-1-3-5-7/h1-5,8H,6H2,(H,12,17). The molecule has 0 spiro atoms. The molecule has 0 saturated heterocycles. The van der Waals surface area contributed by atoms with Crippen molar-refractivity contribution in [2.75, 3.05) is 0 Å². The van der Waals surface area contributed by atoms with E-state index in [0.717, 1.165) is 5.56 Å². The zero-order valence-electron chi connectivity index (χ0n) is 8.76. The number of amides is 1. The Morgan fingerprint density at radius 2 is 1.82 bits per heavy atom. The highest BCUT2D eigenvalue weighted by atomic mass is 16.2. The summed E-state index contributed by atoms with van der Waals surface area (Å²) < 4.78 is 0. The van der Waals surface area contributed by atoms with Gasteiger partial charge in [0, 0.05) is 16.4 Å². The maximum absolute atomic E-state index is 11.5. The first-order valence-electron chi connectivity index (χ1n) is 4.68. The summed E-state index contributed by atoms with van der Waals surface area (Å²) in [5.41, 5.74) is 17.3. The molecule has 0 radical (unpaired) electrons. The molecule has 0 heterocycles. The van der Waals surface area contributed by atoms with Crippen molar-refractivity contribution in [1.29, 1.82) is 0 Å². The van der Waals surface area contributed by atoms with Gasteiger partial charge >= 0.3 is 0 Å². The summed E-state index contributed by atoms with van der Waals surface area (Å²) in [6.45, 7) is 0.276. The second-order valence-electron chi connectivity index (χ2n) is 2.99. The molecule has 8 heteroatoms. The Hall–Kier alpha value is -2.69. The number of nitrogens with zero attached hydrogens (tertiary/aromatic N) is 6. The summed E-state index contributed by atoms with van der Waals surface area (Å²) in [7, 11) is 0. The van der Waals surface area contributed by atoms with Crippen LogP contribution in [0.2, 0.25) is 0 Å². The van der Waals surface area contributed by atoms with Crippen LogP contribution in [0.3, 0.4) is 0 Å². The molecule has 86 valence electrons. The molecule has 1 aromatic carbocycles. The van der Waals surface area contributed by atoms with Crippen LogP contribution in [0.5, 0.6) is 0 Å². The number of azide groups is 1. The van der Waals surface area contributed by atoms with E-state index >= 15 is 0 Å². The Morgan fingerprint density at radius 1 is 1.24 bits per heavy atom. The summed E-state index contributed by atoms with van der Waals surface area (Å²) in [6, 6.07) is 9.18. The van der Waals surface area contributed by atoms with Crippen LogP contribution >= 0.6 is 0 Å². The predicted molar refractivity (Wildman–Crippen MR) is 60.4 cm³/mol. The van der Waals surface area contributed by atoms with Crippen LogP contribution in [0.15, 0.2) is 40.6 Å². The van der Waals surface area contributed by atoms with E-state index < -0.39 is 12.1 Å². The van der Waals surface area contributed by atoms with E-state index in [1.165, 1.54) is 0 Å². The van der Waals surface area contributed by atoms with E-state index in [4.69, 9.17) is 11.1 Å². The third-order valence-corrected chi connectivity index (χ3v) is 1.87. The highest BCUT2D eigenvalue weighted by Crippen LogP contribution is 1.99. The second-order valence-corrected chi connectivity index (χ2v) is 2.99. The molecule has 0 bridgehead atoms. The number of carbonyl (C=O) groups excluding carboxylic acids is 1. The van der Waals surface area contributed by atoms with Crippen molar-refractivity contribution < 1.29 is 4.79 Å². The lowest BCUT2D eigenvalue weighted by Gasteiger charge is -2.06. The number of hydrogen-bond donors (Lipinski definition) is 1. The zero-order valence-corrected chi connectivity index (χ0v) is 8.76. The van der Waals surface area contributed by atoms with Crippen LogP contribution < -0.4 is 5.32 Å². The average Bonchev–Trinajstić information content (AvgIpc) is 2.37. The quantitative estimate of drug-likeness (QED) is 0.465. The molecule has 0 atom stereocenters. The highest BCUT2D eigenvalue weighted by Gasteiger charge is 2.13. The molecule has 1 N–H and O–H groups in total. The van der Waals surface area contributed by atoms with Gasteiger partial charge in [-0.25, -0.2) is 0 Å². The van der Waals surface area contributed by atoms with Gasteiger partial charge in [-0.1, -0.05) is 40.6 Å². The Kier molecular flexibility index (Phi) is 4.90. The molecule has 1 rings (SSSR count). The highest BCUT2D eigenvalue weighted by molar-refractivity contribution is 5.81. The van der Waals surface area contributed by atoms with Gasteiger partial charge in [-0.3, -0.25) is 4.79 Å². The predicted octanol–water partition coefficient (Wildman–Crippen LogP) is 2.25. The van der Waals surface area contributed by atoms with E-state index in [9.17, 15) is 4.79 Å². The van der Waals surface area contributed by atoms with Crippen molar-refractivity contribution in [3.63, 3.8) is 0 Å². The lowest BCUT2D eigenvalue weighted by molar-refractivity contribution is -0.122. The third kappa shape index (κ3) is 4.13. The van der Waals surface area contributed by atoms with Crippen LogP contribution in [0, 0.1) is 0 Å². The molecule has 0 fully saturated rings. The number of hydrogen-bond acceptors (Lipinski definition) is 3. The van der Waals surface area contributed by atoms with Gasteiger partial charge in [0.1, 0.15) is 0 Å². The first-order valence-corrected chi connectivity index (χ1v) is 4.68. The van der Waals surface area contributed by atoms with E-state index in [0.29, 0.717) is 0 Å². The molecule has 1 amide bonds. The lowest BCUT2D eigenvalue weighted by atomic mass is 10.2. The summed E-state index contributed by atoms with van der Waals surface area (Å²) in [5.74, 6) is -0.635. The van der Waals surface area contributed by atoms with Crippen LogP contribution in [0.1, 0.15) is 5.56 Å². The second kappa shape index (κ2) is 6.73. The van der Waals surface area contributed by atoms with Crippen LogP contribution in [-0.2, 0) is 11.3 Å². The average molecular weight is 231 g/mol. The number of benzene rings is 1. The van der Waals surface area contributed by atoms with Crippen LogP contribution in [0.4, 0.5) is 0 Å². The molecule has 0 aliphatic rings. The van der Waals surface area contributed by atoms with E-state index in [1.54, 1.807) is 0 Å². The molecule has 0 aliphatic heterocycles. The Morgan fingerprint density at radius 3 is 2.35 bits per heavy atom. The summed E-state index contributed by atoms with van der Waals surface area (Å²) in [4.78, 5) is 16.3. The van der Waals surface area contributed by atoms with Gasteiger partial charge in [-0.05, 0) is 16.6 Å². The minimum Gasteiger partial charge on any atom is -0.352 e. The van der Waals surface area contributed by atoms with E-state index in [2.05, 4.69) is 25.4 Å². The summed E-state index contributed by atoms with van der Waals surface area (Å²) in [5, 5.41) is 8.65. The van der Waals surface area contributed by atoms with Gasteiger partial charge in [0.05, 0.1) is 0 Å². The van der Waals surface area contributed by atoms with Gasteiger partial charge in [0.15, 0.2) is 6.17 Å². The molecular formula is C9H9N7O. The first kappa shape index (κ1) is 12.4. The van der Waals surface area contributed by atoms with Gasteiger partial charge in [0.25, 0.3) is 0 Å². The first-order chi connectivity index (χ1) is 8.27. The van der Waals surface area contributed by atoms with Crippen molar-refractivity contribution in [1.82, 2.24) is 5.32 Å². The topological polar surface area (TPSA) is 127 Å². The summed E-state index contributed by atoms with van der Waals surface area (Å²) >= 11 is 0. The largest absolute Gasteiger partial charge is 0.352 e. The van der Waals surface area contributed by atoms with E-state index in [-0.39, 0.29) is 6.54 Å². The van der Waals surface area contributed by atoms with Crippen molar-refractivity contribution in [3.8, 4) is 0 Å². The Balaban J connectivity index is 2.59. The fraction of sp³-hybridized carbons (Fsp3) is 0.222. The molecule has 1 aromatic rings. The van der Waals surface area contributed by atoms with Crippen molar-refractivity contribution in [3.05, 3.63) is 56.8 Å². The fourth-order valence-corrected chi connectivity index (χ4v) is 1.10. The Bertz CT molecular complexity index is 455. The van der Waals surface area contributed by atoms with Gasteiger partial charge in [-0.2, -0.15) is 0 Å². The van der Waals surface area contributed by atoms with Gasteiger partial charge < -0.3 is 5.32 Å². The SMILES string of the molecule is [N-]=[N+]=NC(N=[N+]=[N-])C(=O)NCc1ccccc1. The number of carbonyl (C=O) groups is 1. The normalized spacial score (nSPS) is 10.6. The monoisotopic (exact) mass is 231 g/mol. The van der Waals surface area contributed by atoms with Crippen molar-refractivity contribution in [2.45, 2.75) is 12.7 Å². The number of rotatable bonds is 5. The minimum atomic E-state index is -1.39. The fourth-order valence-electron chi connectivity index (χ4n) is 1.10. The van der Waals surface area contributed by atoms with Crippen molar-refractivity contribution in [2.24, 2.45) is 10.2 Å². The molecular weight excluding hydrogens is 222 g/mol. The number of nitrogens with one attached hydrogen (secondary N) is 1. The minimum absolute atomic E-state index is 0.276. The third-order valence-electron chi connectivity index (χ3n) is 1.87. The molecule has 8 nitrogen and oxygen atoms in total. The lowest BCUT2D eigenvalue weighted by Crippen LogP contribution is -2.31. The maximum Gasteiger partial charge on any atom is 0.235 e. The smallest absolute Gasteiger partial charge is 0.235 e. The molecule has 0 aromatic heterocycles. The molecule has 0 aliphatic carbocycles. The molecule has 17 heavy (non-hydrogen) atoms. The summed E-state index contributed by atoms with van der Waals surface area (Å²) in [6.07, 6.45) is -1.39.